The van der Waals surface area contributed by atoms with Crippen molar-refractivity contribution in [1.82, 2.24) is 0 Å². The minimum atomic E-state index is -3.23. The zero-order valence-corrected chi connectivity index (χ0v) is 11.7. The van der Waals surface area contributed by atoms with Crippen LogP contribution in [0.4, 0.5) is 0 Å². The Labute approximate surface area is 109 Å². The smallest absolute Gasteiger partial charge is 0.181 e. The molecule has 0 aliphatic heterocycles. The Morgan fingerprint density at radius 3 is 2.44 bits per heavy atom. The molecule has 3 nitrogen and oxygen atoms in total. The van der Waals surface area contributed by atoms with Crippen LogP contribution in [0.1, 0.15) is 26.2 Å². The molecule has 0 spiro atoms. The molecule has 18 heavy (non-hydrogen) atoms. The van der Waals surface area contributed by atoms with Crippen molar-refractivity contribution in [1.29, 1.82) is 0 Å². The van der Waals surface area contributed by atoms with Crippen molar-refractivity contribution in [2.75, 3.05) is 7.11 Å². The maximum Gasteiger partial charge on any atom is 0.181 e. The van der Waals surface area contributed by atoms with Crippen LogP contribution in [0.15, 0.2) is 35.2 Å². The number of hydrogen-bond acceptors (Lipinski definition) is 3. The lowest BCUT2D eigenvalue weighted by molar-refractivity contribution is 0.0608. The summed E-state index contributed by atoms with van der Waals surface area (Å²) in [5.74, 6) is 0.196. The number of rotatable bonds is 3. The van der Waals surface area contributed by atoms with E-state index in [4.69, 9.17) is 4.74 Å². The van der Waals surface area contributed by atoms with Crippen LogP contribution >= 0.6 is 0 Å². The molecular formula is C14H20O3S. The molecule has 0 N–H and O–H groups in total. The number of sulfone groups is 1. The number of hydrogen-bond donors (Lipinski definition) is 0. The molecule has 0 aromatic heterocycles. The lowest BCUT2D eigenvalue weighted by atomic mass is 9.88. The van der Waals surface area contributed by atoms with Crippen molar-refractivity contribution in [2.45, 2.75) is 42.4 Å². The summed E-state index contributed by atoms with van der Waals surface area (Å²) in [4.78, 5) is 0.429. The minimum absolute atomic E-state index is 0.0738. The monoisotopic (exact) mass is 268 g/mol. The van der Waals surface area contributed by atoms with Gasteiger partial charge in [0.1, 0.15) is 0 Å². The molecule has 3 atom stereocenters. The van der Waals surface area contributed by atoms with Gasteiger partial charge in [-0.15, -0.1) is 0 Å². The maximum absolute atomic E-state index is 12.6. The summed E-state index contributed by atoms with van der Waals surface area (Å²) in [7, 11) is -1.57. The molecular weight excluding hydrogens is 248 g/mol. The summed E-state index contributed by atoms with van der Waals surface area (Å²) in [5.41, 5.74) is 0. The molecule has 0 saturated heterocycles. The summed E-state index contributed by atoms with van der Waals surface area (Å²) >= 11 is 0. The van der Waals surface area contributed by atoms with Crippen molar-refractivity contribution >= 4 is 9.84 Å². The Hall–Kier alpha value is -0.870. The van der Waals surface area contributed by atoms with Crippen LogP contribution in [-0.4, -0.2) is 26.9 Å². The molecule has 1 aromatic carbocycles. The van der Waals surface area contributed by atoms with Crippen molar-refractivity contribution in [2.24, 2.45) is 5.92 Å². The first-order valence-electron chi connectivity index (χ1n) is 6.37. The molecule has 1 fully saturated rings. The van der Waals surface area contributed by atoms with Gasteiger partial charge in [-0.25, -0.2) is 8.42 Å². The molecule has 1 unspecified atom stereocenters. The van der Waals surface area contributed by atoms with Gasteiger partial charge in [-0.05, 0) is 37.3 Å². The van der Waals surface area contributed by atoms with Crippen molar-refractivity contribution in [3.63, 3.8) is 0 Å². The highest BCUT2D eigenvalue weighted by atomic mass is 32.2. The van der Waals surface area contributed by atoms with E-state index in [1.165, 1.54) is 0 Å². The van der Waals surface area contributed by atoms with Gasteiger partial charge in [0.2, 0.25) is 0 Å². The molecule has 0 bridgehead atoms. The Morgan fingerprint density at radius 1 is 1.17 bits per heavy atom. The first-order chi connectivity index (χ1) is 8.55. The molecule has 1 aliphatic carbocycles. The van der Waals surface area contributed by atoms with Crippen LogP contribution in [0.5, 0.6) is 0 Å². The highest BCUT2D eigenvalue weighted by Gasteiger charge is 2.37. The molecule has 100 valence electrons. The third-order valence-corrected chi connectivity index (χ3v) is 6.26. The predicted molar refractivity (Wildman–Crippen MR) is 71.2 cm³/mol. The van der Waals surface area contributed by atoms with E-state index in [2.05, 4.69) is 0 Å². The Kier molecular flexibility index (Phi) is 4.07. The summed E-state index contributed by atoms with van der Waals surface area (Å²) < 4.78 is 30.5. The van der Waals surface area contributed by atoms with Gasteiger partial charge < -0.3 is 4.74 Å². The largest absolute Gasteiger partial charge is 0.381 e. The standard InChI is InChI=1S/C14H20O3S/c1-11-8-9-12(17-2)10-14(11)18(15,16)13-6-4-3-5-7-13/h3-7,11-12,14H,8-10H2,1-2H3/t11-,12-,14?/m0/s1. The van der Waals surface area contributed by atoms with Gasteiger partial charge in [-0.1, -0.05) is 25.1 Å². The van der Waals surface area contributed by atoms with Gasteiger partial charge >= 0.3 is 0 Å². The second-order valence-corrected chi connectivity index (χ2v) is 7.21. The Bertz CT molecular complexity index is 481. The lowest BCUT2D eigenvalue weighted by Gasteiger charge is -2.33. The van der Waals surface area contributed by atoms with Gasteiger partial charge in [0.15, 0.2) is 9.84 Å². The van der Waals surface area contributed by atoms with Crippen LogP contribution in [0.2, 0.25) is 0 Å². The number of benzene rings is 1. The maximum atomic E-state index is 12.6. The van der Waals surface area contributed by atoms with Gasteiger partial charge in [0.05, 0.1) is 16.2 Å². The van der Waals surface area contributed by atoms with Crippen LogP contribution in [-0.2, 0) is 14.6 Å². The Balaban J connectivity index is 2.29. The molecule has 1 saturated carbocycles. The molecule has 0 amide bonds. The first-order valence-corrected chi connectivity index (χ1v) is 7.92. The highest BCUT2D eigenvalue weighted by Crippen LogP contribution is 2.33. The van der Waals surface area contributed by atoms with E-state index >= 15 is 0 Å². The third-order valence-electron chi connectivity index (χ3n) is 3.88. The lowest BCUT2D eigenvalue weighted by Crippen LogP contribution is -2.37. The van der Waals surface area contributed by atoms with E-state index in [1.807, 2.05) is 13.0 Å². The number of ether oxygens (including phenoxy) is 1. The second-order valence-electron chi connectivity index (χ2n) is 5.04. The van der Waals surface area contributed by atoms with Crippen LogP contribution in [0.25, 0.3) is 0 Å². The average Bonchev–Trinajstić information content (AvgIpc) is 2.40. The van der Waals surface area contributed by atoms with E-state index in [0.717, 1.165) is 12.8 Å². The SMILES string of the molecule is CO[C@H]1CC[C@H](C)C(S(=O)(=O)c2ccccc2)C1. The van der Waals surface area contributed by atoms with Crippen LogP contribution in [0, 0.1) is 5.92 Å². The molecule has 1 aromatic rings. The quantitative estimate of drug-likeness (QED) is 0.846. The molecule has 2 rings (SSSR count). The zero-order valence-electron chi connectivity index (χ0n) is 10.9. The summed E-state index contributed by atoms with van der Waals surface area (Å²) in [6.45, 7) is 2.02. The third kappa shape index (κ3) is 2.59. The average molecular weight is 268 g/mol. The van der Waals surface area contributed by atoms with E-state index in [0.29, 0.717) is 11.3 Å². The fourth-order valence-electron chi connectivity index (χ4n) is 2.68. The van der Waals surface area contributed by atoms with Gasteiger partial charge in [-0.3, -0.25) is 0 Å². The van der Waals surface area contributed by atoms with E-state index in [1.54, 1.807) is 31.4 Å². The highest BCUT2D eigenvalue weighted by molar-refractivity contribution is 7.92. The van der Waals surface area contributed by atoms with Gasteiger partial charge in [-0.2, -0.15) is 0 Å². The van der Waals surface area contributed by atoms with Crippen molar-refractivity contribution in [3.05, 3.63) is 30.3 Å². The van der Waals surface area contributed by atoms with E-state index < -0.39 is 9.84 Å². The van der Waals surface area contributed by atoms with Gasteiger partial charge in [0.25, 0.3) is 0 Å². The topological polar surface area (TPSA) is 43.4 Å². The normalized spacial score (nSPS) is 29.1. The summed E-state index contributed by atoms with van der Waals surface area (Å²) in [6, 6.07) is 8.74. The zero-order chi connectivity index (χ0) is 13.2. The predicted octanol–water partition coefficient (Wildman–Crippen LogP) is 2.66. The van der Waals surface area contributed by atoms with Crippen molar-refractivity contribution < 1.29 is 13.2 Å². The molecule has 0 heterocycles. The van der Waals surface area contributed by atoms with E-state index in [9.17, 15) is 8.42 Å². The number of methoxy groups -OCH3 is 1. The fraction of sp³-hybridized carbons (Fsp3) is 0.571. The second kappa shape index (κ2) is 5.41. The van der Waals surface area contributed by atoms with Crippen molar-refractivity contribution in [3.8, 4) is 0 Å². The molecule has 0 radical (unpaired) electrons. The van der Waals surface area contributed by atoms with Crippen LogP contribution in [0.3, 0.4) is 0 Å². The molecule has 4 heteroatoms. The summed E-state index contributed by atoms with van der Waals surface area (Å²) in [5, 5.41) is -0.321. The Morgan fingerprint density at radius 2 is 1.83 bits per heavy atom. The summed E-state index contributed by atoms with van der Waals surface area (Å²) in [6.07, 6.45) is 2.55. The minimum Gasteiger partial charge on any atom is -0.381 e. The fourth-order valence-corrected chi connectivity index (χ4v) is 4.78. The molecule has 1 aliphatic rings. The first kappa shape index (κ1) is 13.6. The van der Waals surface area contributed by atoms with E-state index in [-0.39, 0.29) is 17.3 Å². The van der Waals surface area contributed by atoms with Crippen LogP contribution < -0.4 is 0 Å². The van der Waals surface area contributed by atoms with Gasteiger partial charge in [0, 0.05) is 7.11 Å².